The number of methoxy groups -OCH3 is 2. The Morgan fingerprint density at radius 2 is 1.75 bits per heavy atom. The molecule has 1 spiro atoms. The molecule has 3 aromatic rings. The summed E-state index contributed by atoms with van der Waals surface area (Å²) in [5.41, 5.74) is 4.66. The number of aryl methyl sites for hydroxylation is 1. The Labute approximate surface area is 215 Å². The Morgan fingerprint density at radius 1 is 1.00 bits per heavy atom. The summed E-state index contributed by atoms with van der Waals surface area (Å²) in [7, 11) is 3.23. The number of hydrogen-bond donors (Lipinski definition) is 1. The normalized spacial score (nSPS) is 18.5. The molecule has 1 fully saturated rings. The van der Waals surface area contributed by atoms with E-state index in [2.05, 4.69) is 5.32 Å². The van der Waals surface area contributed by atoms with Crippen molar-refractivity contribution in [3.63, 3.8) is 0 Å². The molecule has 7 nitrogen and oxygen atoms in total. The number of rotatable bonds is 6. The van der Waals surface area contributed by atoms with Crippen LogP contribution < -0.4 is 19.7 Å². The molecule has 36 heavy (non-hydrogen) atoms. The Morgan fingerprint density at radius 3 is 2.53 bits per heavy atom. The van der Waals surface area contributed by atoms with Gasteiger partial charge in [0.1, 0.15) is 11.5 Å². The van der Waals surface area contributed by atoms with E-state index in [9.17, 15) is 9.59 Å². The lowest BCUT2D eigenvalue weighted by atomic mass is 10.1. The Balaban J connectivity index is 1.48. The van der Waals surface area contributed by atoms with Crippen LogP contribution in [0.15, 0.2) is 66.7 Å². The van der Waals surface area contributed by atoms with Crippen LogP contribution in [-0.2, 0) is 22.8 Å². The molecule has 0 bridgehead atoms. The highest BCUT2D eigenvalue weighted by atomic mass is 32.2. The monoisotopic (exact) mass is 503 g/mol. The first-order chi connectivity index (χ1) is 17.5. The number of nitrogens with one attached hydrogen (secondary N) is 1. The first-order valence-corrected chi connectivity index (χ1v) is 12.8. The molecule has 5 rings (SSSR count). The number of carbonyl (C=O) groups excluding carboxylic acids is 2. The smallest absolute Gasteiger partial charge is 0.319 e. The molecular weight excluding hydrogens is 474 g/mol. The molecule has 1 saturated heterocycles. The molecule has 0 radical (unpaired) electrons. The fourth-order valence-electron chi connectivity index (χ4n) is 4.93. The highest BCUT2D eigenvalue weighted by Crippen LogP contribution is 2.55. The van der Waals surface area contributed by atoms with Gasteiger partial charge in [-0.3, -0.25) is 9.69 Å². The summed E-state index contributed by atoms with van der Waals surface area (Å²) >= 11 is 1.50. The van der Waals surface area contributed by atoms with Gasteiger partial charge >= 0.3 is 6.03 Å². The minimum absolute atomic E-state index is 0.123. The van der Waals surface area contributed by atoms with E-state index in [-0.39, 0.29) is 11.9 Å². The quantitative estimate of drug-likeness (QED) is 0.529. The van der Waals surface area contributed by atoms with Gasteiger partial charge in [0, 0.05) is 24.4 Å². The van der Waals surface area contributed by atoms with Crippen LogP contribution in [0.4, 0.5) is 10.5 Å². The Kier molecular flexibility index (Phi) is 6.53. The lowest BCUT2D eigenvalue weighted by molar-refractivity contribution is -0.123. The van der Waals surface area contributed by atoms with Gasteiger partial charge in [0.05, 0.1) is 26.5 Å². The van der Waals surface area contributed by atoms with Crippen molar-refractivity contribution < 1.29 is 19.1 Å². The van der Waals surface area contributed by atoms with E-state index in [1.54, 1.807) is 24.0 Å². The van der Waals surface area contributed by atoms with E-state index in [0.717, 1.165) is 33.7 Å². The molecule has 1 atom stereocenters. The summed E-state index contributed by atoms with van der Waals surface area (Å²) < 4.78 is 10.9. The molecule has 1 unspecified atom stereocenters. The van der Waals surface area contributed by atoms with Crippen LogP contribution in [0.3, 0.4) is 0 Å². The minimum atomic E-state index is -1.14. The molecule has 8 heteroatoms. The first kappa shape index (κ1) is 24.1. The summed E-state index contributed by atoms with van der Waals surface area (Å²) in [5, 5.41) is 3.03. The SMILES string of the molecule is COc1cccc(CN2C(=O)C3(SCCN3C(=O)NCc3cccc(C)c3)c3cc(OC)ccc32)c1. The summed E-state index contributed by atoms with van der Waals surface area (Å²) in [5.74, 6) is 1.92. The molecular formula is C28H29N3O4S. The lowest BCUT2D eigenvalue weighted by Crippen LogP contribution is -2.53. The Hall–Kier alpha value is -3.65. The summed E-state index contributed by atoms with van der Waals surface area (Å²) in [6.07, 6.45) is 0. The van der Waals surface area contributed by atoms with E-state index in [0.29, 0.717) is 31.1 Å². The second-order valence-corrected chi connectivity index (χ2v) is 10.2. The van der Waals surface area contributed by atoms with Crippen LogP contribution in [0, 0.1) is 6.92 Å². The summed E-state index contributed by atoms with van der Waals surface area (Å²) in [6.45, 7) is 3.26. The number of anilines is 1. The van der Waals surface area contributed by atoms with Crippen LogP contribution in [0.5, 0.6) is 11.5 Å². The van der Waals surface area contributed by atoms with E-state index < -0.39 is 4.87 Å². The van der Waals surface area contributed by atoms with Crippen molar-refractivity contribution in [3.8, 4) is 11.5 Å². The zero-order chi connectivity index (χ0) is 25.3. The van der Waals surface area contributed by atoms with Crippen molar-refractivity contribution in [1.29, 1.82) is 0 Å². The standard InChI is InChI=1S/C28H29N3O4S/c1-19-6-4-7-20(14-19)17-29-27(33)31-12-13-36-28(31)24-16-23(35-3)10-11-25(24)30(26(28)32)18-21-8-5-9-22(15-21)34-2/h4-11,14-16H,12-13,17-18H2,1-3H3,(H,29,33). The van der Waals surface area contributed by atoms with Crippen LogP contribution in [0.2, 0.25) is 0 Å². The predicted octanol–water partition coefficient (Wildman–Crippen LogP) is 4.67. The maximum atomic E-state index is 14.2. The number of thioether (sulfide) groups is 1. The zero-order valence-electron chi connectivity index (χ0n) is 20.6. The maximum Gasteiger partial charge on any atom is 0.319 e. The molecule has 2 heterocycles. The molecule has 3 aromatic carbocycles. The number of urea groups is 1. The lowest BCUT2D eigenvalue weighted by Gasteiger charge is -2.33. The number of hydrogen-bond acceptors (Lipinski definition) is 5. The molecule has 186 valence electrons. The molecule has 3 amide bonds. The van der Waals surface area contributed by atoms with Crippen LogP contribution in [0.1, 0.15) is 22.3 Å². The number of carbonyl (C=O) groups is 2. The second kappa shape index (κ2) is 9.78. The number of ether oxygens (including phenoxy) is 2. The van der Waals surface area contributed by atoms with Crippen molar-refractivity contribution in [1.82, 2.24) is 10.2 Å². The van der Waals surface area contributed by atoms with E-state index in [1.165, 1.54) is 11.8 Å². The number of nitrogens with zero attached hydrogens (tertiary/aromatic N) is 2. The topological polar surface area (TPSA) is 71.1 Å². The molecule has 0 aliphatic carbocycles. The fraction of sp³-hybridized carbons (Fsp3) is 0.286. The van der Waals surface area contributed by atoms with Gasteiger partial charge in [0.2, 0.25) is 0 Å². The van der Waals surface area contributed by atoms with Gasteiger partial charge in [-0.05, 0) is 48.4 Å². The third-order valence-corrected chi connectivity index (χ3v) is 8.07. The van der Waals surface area contributed by atoms with Gasteiger partial charge in [-0.2, -0.15) is 0 Å². The largest absolute Gasteiger partial charge is 0.497 e. The van der Waals surface area contributed by atoms with E-state index in [4.69, 9.17) is 9.47 Å². The van der Waals surface area contributed by atoms with Crippen LogP contribution in [-0.4, -0.2) is 43.4 Å². The van der Waals surface area contributed by atoms with Gasteiger partial charge in [0.15, 0.2) is 4.87 Å². The molecule has 2 aliphatic heterocycles. The van der Waals surface area contributed by atoms with Crippen molar-refractivity contribution in [2.75, 3.05) is 31.4 Å². The number of amides is 3. The Bertz CT molecular complexity index is 1310. The summed E-state index contributed by atoms with van der Waals surface area (Å²) in [4.78, 5) is 30.0. The van der Waals surface area contributed by atoms with Crippen molar-refractivity contribution in [3.05, 3.63) is 89.0 Å². The number of fused-ring (bicyclic) bond motifs is 2. The average molecular weight is 504 g/mol. The number of benzene rings is 3. The third kappa shape index (κ3) is 4.15. The molecule has 0 aromatic heterocycles. The van der Waals surface area contributed by atoms with E-state index >= 15 is 0 Å². The molecule has 0 saturated carbocycles. The second-order valence-electron chi connectivity index (χ2n) is 8.92. The third-order valence-electron chi connectivity index (χ3n) is 6.65. The average Bonchev–Trinajstić information content (AvgIpc) is 3.44. The van der Waals surface area contributed by atoms with Crippen molar-refractivity contribution in [2.24, 2.45) is 0 Å². The minimum Gasteiger partial charge on any atom is -0.497 e. The maximum absolute atomic E-state index is 14.2. The van der Waals surface area contributed by atoms with Gasteiger partial charge in [0.25, 0.3) is 5.91 Å². The predicted molar refractivity (Wildman–Crippen MR) is 141 cm³/mol. The molecule has 1 N–H and O–H groups in total. The highest BCUT2D eigenvalue weighted by molar-refractivity contribution is 8.01. The zero-order valence-corrected chi connectivity index (χ0v) is 21.4. The van der Waals surface area contributed by atoms with Crippen LogP contribution in [0.25, 0.3) is 0 Å². The fourth-order valence-corrected chi connectivity index (χ4v) is 6.38. The molecule has 2 aliphatic rings. The van der Waals surface area contributed by atoms with Gasteiger partial charge in [-0.15, -0.1) is 11.8 Å². The van der Waals surface area contributed by atoms with Gasteiger partial charge < -0.3 is 19.7 Å². The van der Waals surface area contributed by atoms with Gasteiger partial charge in [-0.25, -0.2) is 4.79 Å². The summed E-state index contributed by atoms with van der Waals surface area (Å²) in [6, 6.07) is 21.1. The van der Waals surface area contributed by atoms with E-state index in [1.807, 2.05) is 73.7 Å². The highest BCUT2D eigenvalue weighted by Gasteiger charge is 2.59. The van der Waals surface area contributed by atoms with Crippen molar-refractivity contribution in [2.45, 2.75) is 24.9 Å². The van der Waals surface area contributed by atoms with Gasteiger partial charge in [-0.1, -0.05) is 42.0 Å². The van der Waals surface area contributed by atoms with Crippen molar-refractivity contribution >= 4 is 29.4 Å². The first-order valence-electron chi connectivity index (χ1n) is 11.8. The van der Waals surface area contributed by atoms with Crippen LogP contribution >= 0.6 is 11.8 Å².